The van der Waals surface area contributed by atoms with Crippen LogP contribution in [0.1, 0.15) is 23.3 Å². The molecule has 3 rings (SSSR count). The number of amides is 1. The second kappa shape index (κ2) is 5.77. The van der Waals surface area contributed by atoms with Crippen molar-refractivity contribution in [3.8, 4) is 0 Å². The molecule has 0 saturated carbocycles. The normalized spacial score (nSPS) is 21.6. The molecule has 23 heavy (non-hydrogen) atoms. The number of hydrogen-bond donors (Lipinski definition) is 1. The molecule has 1 amide bonds. The molecule has 1 N–H and O–H groups in total. The largest absolute Gasteiger partial charge is 0.393 e. The van der Waals surface area contributed by atoms with Crippen LogP contribution < -0.4 is 5.56 Å². The molecule has 1 aromatic carbocycles. The lowest BCUT2D eigenvalue weighted by atomic mass is 9.95. The monoisotopic (exact) mass is 318 g/mol. The van der Waals surface area contributed by atoms with Crippen molar-refractivity contribution in [1.29, 1.82) is 0 Å². The summed E-state index contributed by atoms with van der Waals surface area (Å²) in [4.78, 5) is 26.5. The van der Waals surface area contributed by atoms with E-state index >= 15 is 0 Å². The van der Waals surface area contributed by atoms with Gasteiger partial charge < -0.3 is 14.6 Å². The zero-order valence-electron chi connectivity index (χ0n) is 13.0. The van der Waals surface area contributed by atoms with Crippen molar-refractivity contribution in [3.63, 3.8) is 0 Å². The van der Waals surface area contributed by atoms with Gasteiger partial charge in [-0.1, -0.05) is 18.2 Å². The Hall–Kier alpha value is -2.21. The molecule has 1 unspecified atom stereocenters. The van der Waals surface area contributed by atoms with E-state index < -0.39 is 12.3 Å². The first-order valence-corrected chi connectivity index (χ1v) is 7.63. The number of rotatable bonds is 2. The van der Waals surface area contributed by atoms with Gasteiger partial charge in [-0.05, 0) is 30.4 Å². The third kappa shape index (κ3) is 2.74. The van der Waals surface area contributed by atoms with Crippen LogP contribution in [0.2, 0.25) is 0 Å². The molecule has 1 saturated heterocycles. The van der Waals surface area contributed by atoms with Gasteiger partial charge in [-0.2, -0.15) is 0 Å². The number of hydrogen-bond acceptors (Lipinski definition) is 3. The number of carbonyl (C=O) groups excluding carboxylic acids is 1. The van der Waals surface area contributed by atoms with Crippen molar-refractivity contribution in [1.82, 2.24) is 9.47 Å². The molecule has 1 aromatic heterocycles. The third-order valence-electron chi connectivity index (χ3n) is 4.47. The number of nitrogens with zero attached hydrogens (tertiary/aromatic N) is 2. The Kier molecular flexibility index (Phi) is 3.93. The zero-order valence-corrected chi connectivity index (χ0v) is 13.0. The molecule has 1 aliphatic rings. The van der Waals surface area contributed by atoms with Crippen LogP contribution in [-0.2, 0) is 7.05 Å². The Morgan fingerprint density at radius 3 is 2.87 bits per heavy atom. The zero-order chi connectivity index (χ0) is 16.6. The van der Waals surface area contributed by atoms with Crippen LogP contribution in [0.4, 0.5) is 4.39 Å². The number of aromatic nitrogens is 1. The fraction of sp³-hybridized carbons (Fsp3) is 0.412. The van der Waals surface area contributed by atoms with Crippen LogP contribution in [0, 0.1) is 0 Å². The van der Waals surface area contributed by atoms with Crippen molar-refractivity contribution in [2.24, 2.45) is 7.05 Å². The Morgan fingerprint density at radius 1 is 1.39 bits per heavy atom. The van der Waals surface area contributed by atoms with Gasteiger partial charge in [0.25, 0.3) is 11.5 Å². The summed E-state index contributed by atoms with van der Waals surface area (Å²) in [6.07, 6.45) is 0.730. The molecule has 0 aliphatic carbocycles. The first-order chi connectivity index (χ1) is 10.9. The van der Waals surface area contributed by atoms with E-state index in [-0.39, 0.29) is 30.1 Å². The highest BCUT2D eigenvalue weighted by Gasteiger charge is 2.37. The molecule has 0 radical (unpaired) electrons. The van der Waals surface area contributed by atoms with E-state index in [0.717, 1.165) is 0 Å². The van der Waals surface area contributed by atoms with Crippen LogP contribution in [0.3, 0.4) is 0 Å². The van der Waals surface area contributed by atoms with Gasteiger partial charge >= 0.3 is 0 Å². The van der Waals surface area contributed by atoms with Crippen LogP contribution in [0.15, 0.2) is 35.1 Å². The minimum atomic E-state index is -1.76. The van der Waals surface area contributed by atoms with Gasteiger partial charge in [0.05, 0.1) is 13.2 Å². The fourth-order valence-corrected chi connectivity index (χ4v) is 3.11. The van der Waals surface area contributed by atoms with E-state index in [9.17, 15) is 19.1 Å². The molecular weight excluding hydrogens is 299 g/mol. The van der Waals surface area contributed by atoms with Crippen molar-refractivity contribution >= 4 is 16.7 Å². The Bertz CT molecular complexity index is 817. The Balaban J connectivity index is 2.01. The minimum Gasteiger partial charge on any atom is -0.393 e. The quantitative estimate of drug-likeness (QED) is 0.912. The second-order valence-electron chi connectivity index (χ2n) is 6.12. The summed E-state index contributed by atoms with van der Waals surface area (Å²) < 4.78 is 15.7. The number of aliphatic hydroxyl groups excluding tert-OH is 1. The minimum absolute atomic E-state index is 0.149. The smallest absolute Gasteiger partial charge is 0.270 e. The summed E-state index contributed by atoms with van der Waals surface area (Å²) in [6.45, 7) is -0.331. The van der Waals surface area contributed by atoms with E-state index in [1.54, 1.807) is 37.4 Å². The van der Waals surface area contributed by atoms with Gasteiger partial charge in [0.2, 0.25) is 0 Å². The van der Waals surface area contributed by atoms with Crippen LogP contribution in [0.5, 0.6) is 0 Å². The maximum atomic E-state index is 14.3. The number of benzene rings is 1. The topological polar surface area (TPSA) is 62.5 Å². The number of aliphatic hydroxyl groups is 1. The summed E-state index contributed by atoms with van der Waals surface area (Å²) in [5, 5.41) is 10.4. The van der Waals surface area contributed by atoms with Gasteiger partial charge in [-0.25, -0.2) is 4.39 Å². The lowest BCUT2D eigenvalue weighted by Gasteiger charge is -2.36. The lowest BCUT2D eigenvalue weighted by Crippen LogP contribution is -2.50. The highest BCUT2D eigenvalue weighted by atomic mass is 19.1. The van der Waals surface area contributed by atoms with Gasteiger partial charge in [0.15, 0.2) is 5.67 Å². The van der Waals surface area contributed by atoms with Gasteiger partial charge in [-0.3, -0.25) is 9.59 Å². The second-order valence-corrected chi connectivity index (χ2v) is 6.12. The van der Waals surface area contributed by atoms with E-state index in [1.807, 2.05) is 0 Å². The number of halogens is 1. The highest BCUT2D eigenvalue weighted by Crippen LogP contribution is 2.26. The van der Waals surface area contributed by atoms with E-state index in [2.05, 4.69) is 0 Å². The van der Waals surface area contributed by atoms with Crippen molar-refractivity contribution in [2.75, 3.05) is 19.7 Å². The molecule has 2 aromatic rings. The van der Waals surface area contributed by atoms with Crippen LogP contribution in [0.25, 0.3) is 10.8 Å². The van der Waals surface area contributed by atoms with E-state index in [1.165, 1.54) is 9.47 Å². The van der Waals surface area contributed by atoms with Crippen molar-refractivity contribution in [2.45, 2.75) is 18.5 Å². The number of fused-ring (bicyclic) bond motifs is 1. The molecule has 0 bridgehead atoms. The number of alkyl halides is 1. The molecule has 1 aliphatic heterocycles. The standard InChI is InChI=1S/C17H19FN2O3/c1-19-14(9-12-5-2-3-6-13(12)15(19)22)16(23)20-8-4-7-17(18,10-20)11-21/h2-3,5-6,9,21H,4,7-8,10-11H2,1H3. The summed E-state index contributed by atoms with van der Waals surface area (Å²) in [5.41, 5.74) is -1.78. The van der Waals surface area contributed by atoms with E-state index in [0.29, 0.717) is 23.7 Å². The maximum absolute atomic E-state index is 14.3. The number of pyridine rings is 1. The molecule has 122 valence electrons. The van der Waals surface area contributed by atoms with Crippen molar-refractivity contribution < 1.29 is 14.3 Å². The van der Waals surface area contributed by atoms with Gasteiger partial charge in [-0.15, -0.1) is 0 Å². The molecular formula is C17H19FN2O3. The molecule has 1 atom stereocenters. The summed E-state index contributed by atoms with van der Waals surface area (Å²) in [5.74, 6) is -0.384. The Labute approximate surface area is 132 Å². The predicted octanol–water partition coefficient (Wildman–Crippen LogP) is 1.48. The molecule has 2 heterocycles. The number of likely N-dealkylation sites (tertiary alicyclic amines) is 1. The third-order valence-corrected chi connectivity index (χ3v) is 4.47. The molecule has 1 fully saturated rings. The SMILES string of the molecule is Cn1c(C(=O)N2CCCC(F)(CO)C2)cc2ccccc2c1=O. The number of piperidine rings is 1. The number of carbonyl (C=O) groups is 1. The lowest BCUT2D eigenvalue weighted by molar-refractivity contribution is 0.00133. The summed E-state index contributed by atoms with van der Waals surface area (Å²) in [6, 6.07) is 8.72. The highest BCUT2D eigenvalue weighted by molar-refractivity contribution is 5.96. The fourth-order valence-electron chi connectivity index (χ4n) is 3.11. The first-order valence-electron chi connectivity index (χ1n) is 7.63. The van der Waals surface area contributed by atoms with E-state index in [4.69, 9.17) is 0 Å². The average molecular weight is 318 g/mol. The average Bonchev–Trinajstić information content (AvgIpc) is 2.57. The van der Waals surface area contributed by atoms with Crippen LogP contribution >= 0.6 is 0 Å². The van der Waals surface area contributed by atoms with Gasteiger partial charge in [0.1, 0.15) is 5.69 Å². The molecule has 5 nitrogen and oxygen atoms in total. The maximum Gasteiger partial charge on any atom is 0.270 e. The van der Waals surface area contributed by atoms with Gasteiger partial charge in [0, 0.05) is 19.0 Å². The molecule has 6 heteroatoms. The van der Waals surface area contributed by atoms with Crippen LogP contribution in [-0.4, -0.2) is 45.8 Å². The van der Waals surface area contributed by atoms with Crippen molar-refractivity contribution in [3.05, 3.63) is 46.4 Å². The Morgan fingerprint density at radius 2 is 2.13 bits per heavy atom. The first kappa shape index (κ1) is 15.7. The predicted molar refractivity (Wildman–Crippen MR) is 85.3 cm³/mol. The summed E-state index contributed by atoms with van der Waals surface area (Å²) in [7, 11) is 1.54. The summed E-state index contributed by atoms with van der Waals surface area (Å²) >= 11 is 0. The molecule has 0 spiro atoms.